The summed E-state index contributed by atoms with van der Waals surface area (Å²) in [7, 11) is 1.56. The third-order valence-electron chi connectivity index (χ3n) is 3.32. The smallest absolute Gasteiger partial charge is 0.332 e. The molecule has 1 fully saturated rings. The second kappa shape index (κ2) is 6.72. The number of carbonyl (C=O) groups is 2. The molecule has 19 heavy (non-hydrogen) atoms. The van der Waals surface area contributed by atoms with Crippen LogP contribution in [0.15, 0.2) is 0 Å². The van der Waals surface area contributed by atoms with Crippen LogP contribution in [0.3, 0.4) is 0 Å². The lowest BCUT2D eigenvalue weighted by atomic mass is 9.99. The highest BCUT2D eigenvalue weighted by atomic mass is 16.5. The quantitative estimate of drug-likeness (QED) is 0.727. The maximum atomic E-state index is 12.2. The molecule has 0 bridgehead atoms. The predicted molar refractivity (Wildman–Crippen MR) is 68.1 cm³/mol. The van der Waals surface area contributed by atoms with Crippen LogP contribution in [0, 0.1) is 0 Å². The van der Waals surface area contributed by atoms with E-state index >= 15 is 0 Å². The molecule has 7 nitrogen and oxygen atoms in total. The fourth-order valence-electron chi connectivity index (χ4n) is 2.15. The van der Waals surface area contributed by atoms with Crippen molar-refractivity contribution in [3.05, 3.63) is 0 Å². The van der Waals surface area contributed by atoms with Gasteiger partial charge in [-0.05, 0) is 13.8 Å². The van der Waals surface area contributed by atoms with Gasteiger partial charge in [0.25, 0.3) is 0 Å². The average molecular weight is 274 g/mol. The number of nitrogens with zero attached hydrogens (tertiary/aromatic N) is 1. The number of ether oxygens (including phenoxy) is 2. The van der Waals surface area contributed by atoms with E-state index in [-0.39, 0.29) is 19.1 Å². The van der Waals surface area contributed by atoms with Gasteiger partial charge < -0.3 is 24.8 Å². The summed E-state index contributed by atoms with van der Waals surface area (Å²) in [6.07, 6.45) is 0.282. The summed E-state index contributed by atoms with van der Waals surface area (Å²) in [5.41, 5.74) is -1.31. The minimum atomic E-state index is -1.31. The molecule has 2 amide bonds. The van der Waals surface area contributed by atoms with Crippen LogP contribution >= 0.6 is 0 Å². The third-order valence-corrected chi connectivity index (χ3v) is 3.32. The minimum absolute atomic E-state index is 0.00425. The number of carboxylic acid groups (broad SMARTS) is 1. The highest BCUT2D eigenvalue weighted by molar-refractivity contribution is 5.86. The first-order valence-corrected chi connectivity index (χ1v) is 6.35. The number of amides is 2. The first-order chi connectivity index (χ1) is 8.96. The van der Waals surface area contributed by atoms with Gasteiger partial charge in [-0.3, -0.25) is 0 Å². The Morgan fingerprint density at radius 2 is 2.26 bits per heavy atom. The molecule has 0 aromatic rings. The van der Waals surface area contributed by atoms with Gasteiger partial charge in [0.1, 0.15) is 0 Å². The Kier molecular flexibility index (Phi) is 5.56. The minimum Gasteiger partial charge on any atom is -0.479 e. The number of hydrogen-bond acceptors (Lipinski definition) is 4. The molecule has 0 aromatic heterocycles. The summed E-state index contributed by atoms with van der Waals surface area (Å²) >= 11 is 0. The zero-order valence-electron chi connectivity index (χ0n) is 11.6. The summed E-state index contributed by atoms with van der Waals surface area (Å²) in [6.45, 7) is 4.91. The zero-order valence-corrected chi connectivity index (χ0v) is 11.6. The number of carboxylic acids is 1. The van der Waals surface area contributed by atoms with E-state index in [4.69, 9.17) is 9.47 Å². The summed E-state index contributed by atoms with van der Waals surface area (Å²) < 4.78 is 10.1. The van der Waals surface area contributed by atoms with E-state index in [0.717, 1.165) is 0 Å². The molecule has 1 heterocycles. The van der Waals surface area contributed by atoms with Crippen LogP contribution < -0.4 is 5.32 Å². The molecule has 0 aliphatic carbocycles. The summed E-state index contributed by atoms with van der Waals surface area (Å²) in [5, 5.41) is 11.9. The number of aliphatic carboxylic acids is 1. The number of urea groups is 1. The molecule has 0 spiro atoms. The Hall–Kier alpha value is -1.34. The van der Waals surface area contributed by atoms with E-state index in [0.29, 0.717) is 19.8 Å². The molecular weight excluding hydrogens is 252 g/mol. The number of methoxy groups -OCH3 is 1. The van der Waals surface area contributed by atoms with Crippen LogP contribution in [0.2, 0.25) is 0 Å². The Bertz CT molecular complexity index is 328. The third kappa shape index (κ3) is 3.57. The van der Waals surface area contributed by atoms with Crippen LogP contribution in [0.25, 0.3) is 0 Å². The average Bonchev–Trinajstić information content (AvgIpc) is 2.80. The van der Waals surface area contributed by atoms with Crippen molar-refractivity contribution in [1.82, 2.24) is 10.2 Å². The molecule has 7 heteroatoms. The van der Waals surface area contributed by atoms with E-state index < -0.39 is 17.5 Å². The largest absolute Gasteiger partial charge is 0.479 e. The molecule has 2 atom stereocenters. The van der Waals surface area contributed by atoms with Crippen LogP contribution in [-0.4, -0.2) is 67.1 Å². The van der Waals surface area contributed by atoms with E-state index in [1.807, 2.05) is 13.8 Å². The van der Waals surface area contributed by atoms with Crippen molar-refractivity contribution in [3.8, 4) is 0 Å². The Morgan fingerprint density at radius 3 is 2.68 bits per heavy atom. The van der Waals surface area contributed by atoms with Crippen molar-refractivity contribution in [3.63, 3.8) is 0 Å². The van der Waals surface area contributed by atoms with Gasteiger partial charge in [-0.25, -0.2) is 9.59 Å². The van der Waals surface area contributed by atoms with Gasteiger partial charge >= 0.3 is 12.0 Å². The molecule has 1 rings (SSSR count). The van der Waals surface area contributed by atoms with Crippen molar-refractivity contribution in [2.45, 2.75) is 31.8 Å². The highest BCUT2D eigenvalue weighted by Gasteiger charge is 2.44. The molecule has 0 radical (unpaired) electrons. The van der Waals surface area contributed by atoms with Crippen molar-refractivity contribution >= 4 is 12.0 Å². The Balaban J connectivity index is 2.72. The number of likely N-dealkylation sites (N-methyl/N-ethyl adjacent to an activating group) is 1. The van der Waals surface area contributed by atoms with Gasteiger partial charge in [-0.2, -0.15) is 0 Å². The van der Waals surface area contributed by atoms with E-state index in [1.54, 1.807) is 12.0 Å². The molecule has 2 unspecified atom stereocenters. The molecular formula is C12H22N2O5. The zero-order chi connectivity index (χ0) is 14.5. The van der Waals surface area contributed by atoms with Crippen molar-refractivity contribution in [1.29, 1.82) is 0 Å². The first kappa shape index (κ1) is 15.7. The molecule has 1 saturated heterocycles. The lowest BCUT2D eigenvalue weighted by Gasteiger charge is -2.32. The van der Waals surface area contributed by atoms with Crippen LogP contribution in [0.4, 0.5) is 4.79 Å². The fraction of sp³-hybridized carbons (Fsp3) is 0.833. The lowest BCUT2D eigenvalue weighted by molar-refractivity contribution is -0.144. The van der Waals surface area contributed by atoms with E-state index in [1.165, 1.54) is 0 Å². The van der Waals surface area contributed by atoms with Crippen LogP contribution in [0.5, 0.6) is 0 Å². The fourth-order valence-corrected chi connectivity index (χ4v) is 2.15. The SMILES string of the molecule is CCN(C(=O)NC1(C(=O)O)CCOC1)C(C)COC. The Labute approximate surface area is 112 Å². The van der Waals surface area contributed by atoms with Gasteiger partial charge in [-0.15, -0.1) is 0 Å². The van der Waals surface area contributed by atoms with Crippen LogP contribution in [0.1, 0.15) is 20.3 Å². The van der Waals surface area contributed by atoms with Gasteiger partial charge in [0.05, 0.1) is 19.3 Å². The standard InChI is InChI=1S/C12H22N2O5/c1-4-14(9(2)7-18-3)11(17)13-12(10(15)16)5-6-19-8-12/h9H,4-8H2,1-3H3,(H,13,17)(H,15,16). The highest BCUT2D eigenvalue weighted by Crippen LogP contribution is 2.19. The second-order valence-electron chi connectivity index (χ2n) is 4.71. The van der Waals surface area contributed by atoms with Gasteiger partial charge in [-0.1, -0.05) is 0 Å². The lowest BCUT2D eigenvalue weighted by Crippen LogP contribution is -2.60. The Morgan fingerprint density at radius 1 is 1.58 bits per heavy atom. The molecule has 1 aliphatic heterocycles. The van der Waals surface area contributed by atoms with Crippen molar-refractivity contribution in [2.75, 3.05) is 33.5 Å². The maximum absolute atomic E-state index is 12.2. The van der Waals surface area contributed by atoms with Crippen molar-refractivity contribution < 1.29 is 24.2 Å². The second-order valence-corrected chi connectivity index (χ2v) is 4.71. The topological polar surface area (TPSA) is 88.1 Å². The van der Waals surface area contributed by atoms with E-state index in [9.17, 15) is 14.7 Å². The number of hydrogen-bond donors (Lipinski definition) is 2. The summed E-state index contributed by atoms with van der Waals surface area (Å²) in [5.74, 6) is -1.06. The molecule has 1 aliphatic rings. The van der Waals surface area contributed by atoms with Gasteiger partial charge in [0.15, 0.2) is 5.54 Å². The number of rotatable bonds is 6. The monoisotopic (exact) mass is 274 g/mol. The summed E-state index contributed by atoms with van der Waals surface area (Å²) in [6, 6.07) is -0.525. The van der Waals surface area contributed by atoms with Crippen molar-refractivity contribution in [2.24, 2.45) is 0 Å². The number of carbonyl (C=O) groups excluding carboxylic acids is 1. The molecule has 110 valence electrons. The maximum Gasteiger partial charge on any atom is 0.332 e. The van der Waals surface area contributed by atoms with Crippen LogP contribution in [-0.2, 0) is 14.3 Å². The predicted octanol–water partition coefficient (Wildman–Crippen LogP) is 0.297. The molecule has 2 N–H and O–H groups in total. The van der Waals surface area contributed by atoms with E-state index in [2.05, 4.69) is 5.32 Å². The summed E-state index contributed by atoms with van der Waals surface area (Å²) in [4.78, 5) is 25.1. The normalized spacial score (nSPS) is 23.9. The van der Waals surface area contributed by atoms with Gasteiger partial charge in [0, 0.05) is 26.7 Å². The first-order valence-electron chi connectivity index (χ1n) is 6.35. The van der Waals surface area contributed by atoms with Gasteiger partial charge in [0.2, 0.25) is 0 Å². The number of nitrogens with one attached hydrogen (secondary N) is 1. The molecule has 0 aromatic carbocycles. The molecule has 0 saturated carbocycles.